The molecule has 0 bridgehead atoms. The highest BCUT2D eigenvalue weighted by atomic mass is 32.1. The van der Waals surface area contributed by atoms with Crippen molar-refractivity contribution in [1.29, 1.82) is 0 Å². The van der Waals surface area contributed by atoms with Gasteiger partial charge in [-0.3, -0.25) is 9.59 Å². The first-order chi connectivity index (χ1) is 11.5. The Morgan fingerprint density at radius 1 is 1.29 bits per heavy atom. The van der Waals surface area contributed by atoms with Crippen LogP contribution in [0.5, 0.6) is 0 Å². The fraction of sp³-hybridized carbons (Fsp3) is 0.353. The molecule has 3 rings (SSSR count). The number of aliphatic carboxylic acids is 1. The molecule has 1 atom stereocenters. The number of thiazole rings is 1. The van der Waals surface area contributed by atoms with E-state index < -0.39 is 17.9 Å². The summed E-state index contributed by atoms with van der Waals surface area (Å²) >= 11 is 1.77. The Balaban J connectivity index is 1.56. The van der Waals surface area contributed by atoms with Crippen LogP contribution in [0.3, 0.4) is 0 Å². The lowest BCUT2D eigenvalue weighted by Crippen LogP contribution is -2.38. The van der Waals surface area contributed by atoms with Gasteiger partial charge in [0, 0.05) is 16.1 Å². The number of carboxylic acid groups (broad SMARTS) is 1. The topological polar surface area (TPSA) is 91.3 Å². The number of rotatable bonds is 6. The van der Waals surface area contributed by atoms with Crippen LogP contribution in [0.2, 0.25) is 0 Å². The van der Waals surface area contributed by atoms with E-state index in [0.29, 0.717) is 12.1 Å². The third kappa shape index (κ3) is 3.73. The van der Waals surface area contributed by atoms with Crippen LogP contribution in [0.15, 0.2) is 24.3 Å². The second-order valence-electron chi connectivity index (χ2n) is 5.80. The number of nitrogens with zero attached hydrogens (tertiary/aromatic N) is 1. The molecule has 0 saturated heterocycles. The Morgan fingerprint density at radius 3 is 2.71 bits per heavy atom. The maximum atomic E-state index is 11.9. The molecule has 7 heteroatoms. The average Bonchev–Trinajstić information content (AvgIpc) is 3.14. The number of anilines is 1. The number of carbonyl (C=O) groups is 2. The Kier molecular flexibility index (Phi) is 4.80. The number of benzene rings is 1. The molecule has 0 radical (unpaired) electrons. The van der Waals surface area contributed by atoms with Gasteiger partial charge in [-0.25, -0.2) is 4.98 Å². The van der Waals surface area contributed by atoms with Crippen LogP contribution in [0.25, 0.3) is 0 Å². The van der Waals surface area contributed by atoms with Gasteiger partial charge < -0.3 is 15.7 Å². The van der Waals surface area contributed by atoms with Gasteiger partial charge >= 0.3 is 5.97 Å². The molecule has 6 nitrogen and oxygen atoms in total. The summed E-state index contributed by atoms with van der Waals surface area (Å²) in [4.78, 5) is 28.7. The van der Waals surface area contributed by atoms with Gasteiger partial charge in [0.2, 0.25) is 0 Å². The lowest BCUT2D eigenvalue weighted by Gasteiger charge is -2.10. The van der Waals surface area contributed by atoms with Crippen LogP contribution < -0.4 is 10.6 Å². The normalized spacial score (nSPS) is 14.0. The molecule has 1 aliphatic rings. The Bertz CT molecular complexity index is 733. The Morgan fingerprint density at radius 2 is 2.04 bits per heavy atom. The van der Waals surface area contributed by atoms with Crippen LogP contribution >= 0.6 is 11.3 Å². The van der Waals surface area contributed by atoms with Gasteiger partial charge in [-0.15, -0.1) is 11.3 Å². The van der Waals surface area contributed by atoms with E-state index in [9.17, 15) is 9.59 Å². The third-order valence-electron chi connectivity index (χ3n) is 3.95. The van der Waals surface area contributed by atoms with Gasteiger partial charge in [0.1, 0.15) is 11.0 Å². The minimum absolute atomic E-state index is 0.396. The number of hydrogen-bond acceptors (Lipinski definition) is 5. The highest BCUT2D eigenvalue weighted by molar-refractivity contribution is 7.11. The molecule has 24 heavy (non-hydrogen) atoms. The number of aromatic nitrogens is 1. The van der Waals surface area contributed by atoms with Gasteiger partial charge in [-0.2, -0.15) is 0 Å². The molecule has 1 heterocycles. The first-order valence-corrected chi connectivity index (χ1v) is 8.69. The lowest BCUT2D eigenvalue weighted by atomic mass is 10.2. The van der Waals surface area contributed by atoms with Gasteiger partial charge in [0.05, 0.1) is 12.2 Å². The van der Waals surface area contributed by atoms with E-state index in [4.69, 9.17) is 5.11 Å². The molecule has 0 fully saturated rings. The Hall–Kier alpha value is -2.41. The zero-order valence-electron chi connectivity index (χ0n) is 13.3. The number of nitrogens with one attached hydrogen (secondary N) is 2. The fourth-order valence-electron chi connectivity index (χ4n) is 2.58. The third-order valence-corrected chi connectivity index (χ3v) is 5.11. The van der Waals surface area contributed by atoms with Crippen LogP contribution in [0.4, 0.5) is 5.69 Å². The molecule has 1 aliphatic carbocycles. The first kappa shape index (κ1) is 16.4. The summed E-state index contributed by atoms with van der Waals surface area (Å²) in [6.07, 6.45) is 3.45. The molecule has 1 aromatic heterocycles. The van der Waals surface area contributed by atoms with Crippen LogP contribution in [-0.2, 0) is 24.2 Å². The monoisotopic (exact) mass is 345 g/mol. The van der Waals surface area contributed by atoms with Gasteiger partial charge in [-0.05, 0) is 50.5 Å². The van der Waals surface area contributed by atoms with Crippen molar-refractivity contribution < 1.29 is 14.7 Å². The Labute approximate surface area is 143 Å². The van der Waals surface area contributed by atoms with E-state index >= 15 is 0 Å². The molecule has 3 N–H and O–H groups in total. The second kappa shape index (κ2) is 7.00. The number of fused-ring (bicyclic) bond motifs is 1. The van der Waals surface area contributed by atoms with E-state index in [0.717, 1.165) is 23.5 Å². The average molecular weight is 345 g/mol. The van der Waals surface area contributed by atoms with Crippen molar-refractivity contribution in [3.63, 3.8) is 0 Å². The molecule has 0 aliphatic heterocycles. The van der Waals surface area contributed by atoms with Crippen molar-refractivity contribution in [2.24, 2.45) is 0 Å². The zero-order chi connectivity index (χ0) is 17.1. The van der Waals surface area contributed by atoms with E-state index in [-0.39, 0.29) is 0 Å². The smallest absolute Gasteiger partial charge is 0.325 e. The predicted molar refractivity (Wildman–Crippen MR) is 92.5 cm³/mol. The van der Waals surface area contributed by atoms with Crippen molar-refractivity contribution in [3.05, 3.63) is 45.4 Å². The summed E-state index contributed by atoms with van der Waals surface area (Å²) in [6, 6.07) is 6.05. The SMILES string of the molecule is CC(NC(=O)c1ccc(NCc2nc3c(s2)CCC3)cc1)C(=O)O. The summed E-state index contributed by atoms with van der Waals surface area (Å²) in [5.41, 5.74) is 2.58. The van der Waals surface area contributed by atoms with Crippen LogP contribution in [-0.4, -0.2) is 28.0 Å². The van der Waals surface area contributed by atoms with Crippen LogP contribution in [0, 0.1) is 0 Å². The summed E-state index contributed by atoms with van der Waals surface area (Å²) in [5.74, 6) is -1.45. The minimum Gasteiger partial charge on any atom is -0.480 e. The molecule has 126 valence electrons. The molecule has 1 aromatic carbocycles. The molecule has 1 unspecified atom stereocenters. The van der Waals surface area contributed by atoms with Crippen LogP contribution in [0.1, 0.15) is 39.3 Å². The summed E-state index contributed by atoms with van der Waals surface area (Å²) in [7, 11) is 0. The predicted octanol–water partition coefficient (Wildman–Crippen LogP) is 2.45. The minimum atomic E-state index is -1.06. The molecular weight excluding hydrogens is 326 g/mol. The van der Waals surface area contributed by atoms with E-state index in [2.05, 4.69) is 15.6 Å². The highest BCUT2D eigenvalue weighted by Crippen LogP contribution is 2.27. The number of aryl methyl sites for hydroxylation is 2. The number of hydrogen-bond donors (Lipinski definition) is 3. The highest BCUT2D eigenvalue weighted by Gasteiger charge is 2.17. The van der Waals surface area contributed by atoms with E-state index in [1.807, 2.05) is 12.1 Å². The molecule has 1 amide bonds. The van der Waals surface area contributed by atoms with E-state index in [1.165, 1.54) is 23.9 Å². The van der Waals surface area contributed by atoms with Crippen molar-refractivity contribution >= 4 is 28.9 Å². The van der Waals surface area contributed by atoms with Gasteiger partial charge in [-0.1, -0.05) is 0 Å². The first-order valence-electron chi connectivity index (χ1n) is 7.88. The van der Waals surface area contributed by atoms with Gasteiger partial charge in [0.25, 0.3) is 5.91 Å². The zero-order valence-corrected chi connectivity index (χ0v) is 14.2. The summed E-state index contributed by atoms with van der Waals surface area (Å²) < 4.78 is 0. The quantitative estimate of drug-likeness (QED) is 0.748. The second-order valence-corrected chi connectivity index (χ2v) is 6.96. The largest absolute Gasteiger partial charge is 0.480 e. The fourth-order valence-corrected chi connectivity index (χ4v) is 3.67. The number of carboxylic acids is 1. The van der Waals surface area contributed by atoms with Crippen molar-refractivity contribution in [1.82, 2.24) is 10.3 Å². The maximum absolute atomic E-state index is 11.9. The molecular formula is C17H19N3O3S. The van der Waals surface area contributed by atoms with Gasteiger partial charge in [0.15, 0.2) is 0 Å². The van der Waals surface area contributed by atoms with Crippen molar-refractivity contribution in [3.8, 4) is 0 Å². The van der Waals surface area contributed by atoms with E-state index in [1.54, 1.807) is 23.5 Å². The summed E-state index contributed by atoms with van der Waals surface area (Å²) in [5, 5.41) is 15.6. The molecule has 0 saturated carbocycles. The standard InChI is InChI=1S/C17H19N3O3S/c1-10(17(22)23)19-16(21)11-5-7-12(8-6-11)18-9-15-20-13-3-2-4-14(13)24-15/h5-8,10,18H,2-4,9H2,1H3,(H,19,21)(H,22,23). The number of amides is 1. The number of carbonyl (C=O) groups excluding carboxylic acids is 1. The molecule has 2 aromatic rings. The van der Waals surface area contributed by atoms with Crippen molar-refractivity contribution in [2.75, 3.05) is 5.32 Å². The molecule has 0 spiro atoms. The summed E-state index contributed by atoms with van der Waals surface area (Å²) in [6.45, 7) is 2.10. The van der Waals surface area contributed by atoms with Crippen molar-refractivity contribution in [2.45, 2.75) is 38.8 Å². The lowest BCUT2D eigenvalue weighted by molar-refractivity contribution is -0.138. The maximum Gasteiger partial charge on any atom is 0.325 e.